The van der Waals surface area contributed by atoms with E-state index in [1.165, 1.54) is 44.5 Å². The van der Waals surface area contributed by atoms with E-state index in [2.05, 4.69) is 137 Å². The van der Waals surface area contributed by atoms with Crippen molar-refractivity contribution in [3.05, 3.63) is 166 Å². The van der Waals surface area contributed by atoms with Crippen molar-refractivity contribution in [2.45, 2.75) is 38.5 Å². The lowest BCUT2D eigenvalue weighted by molar-refractivity contribution is 0.660. The Morgan fingerprint density at radius 1 is 0.522 bits per heavy atom. The molecule has 46 heavy (non-hydrogen) atoms. The zero-order chi connectivity index (χ0) is 31.6. The molecule has 0 saturated heterocycles. The van der Waals surface area contributed by atoms with Gasteiger partial charge in [0.15, 0.2) is 11.7 Å². The summed E-state index contributed by atoms with van der Waals surface area (Å²) in [5.41, 5.74) is 12.7. The molecule has 0 heterocycles. The van der Waals surface area contributed by atoms with Crippen LogP contribution in [0.5, 0.6) is 0 Å². The molecule has 1 N–H and O–H groups in total. The highest BCUT2D eigenvalue weighted by Gasteiger charge is 2.36. The second-order valence-corrected chi connectivity index (χ2v) is 13.5. The summed E-state index contributed by atoms with van der Waals surface area (Å²) in [5.74, 6) is 0.710. The van der Waals surface area contributed by atoms with Crippen molar-refractivity contribution in [1.29, 1.82) is 5.41 Å². The molecule has 0 radical (unpaired) electrons. The highest BCUT2D eigenvalue weighted by atomic mass is 14.9. The molecule has 0 amide bonds. The van der Waals surface area contributed by atoms with E-state index < -0.39 is 0 Å². The first-order chi connectivity index (χ1) is 22.2. The van der Waals surface area contributed by atoms with E-state index in [1.54, 1.807) is 0 Å². The summed E-state index contributed by atoms with van der Waals surface area (Å²) >= 11 is 0. The molecule has 0 aromatic heterocycles. The largest absolute Gasteiger partial charge is 0.282 e. The average molecular weight is 594 g/mol. The minimum Gasteiger partial charge on any atom is -0.282 e. The van der Waals surface area contributed by atoms with Gasteiger partial charge in [0.25, 0.3) is 0 Å². The zero-order valence-corrected chi connectivity index (χ0v) is 26.6. The van der Waals surface area contributed by atoms with E-state index in [0.29, 0.717) is 5.84 Å². The fraction of sp³-hybridized carbons (Fsp3) is 0.140. The number of aliphatic imine (C=N–C) groups is 2. The topological polar surface area (TPSA) is 48.6 Å². The van der Waals surface area contributed by atoms with Crippen LogP contribution in [-0.2, 0) is 10.8 Å². The monoisotopic (exact) mass is 593 g/mol. The third-order valence-electron chi connectivity index (χ3n) is 10.0. The summed E-state index contributed by atoms with van der Waals surface area (Å²) in [6, 6.07) is 44.8. The second-order valence-electron chi connectivity index (χ2n) is 13.5. The summed E-state index contributed by atoms with van der Waals surface area (Å²) < 4.78 is 0. The SMILES string of the molecule is CC1(C)c2ccccc2-c2ccc(C=NC(=NC(=N)c3ccc4c(c3)C(C)(C)c3ccccc3-4)c3ccc4ccccc4c3)cc21. The molecule has 0 aliphatic heterocycles. The van der Waals surface area contributed by atoms with Crippen LogP contribution < -0.4 is 0 Å². The third kappa shape index (κ3) is 4.38. The van der Waals surface area contributed by atoms with Crippen LogP contribution in [0, 0.1) is 5.41 Å². The van der Waals surface area contributed by atoms with Crippen molar-refractivity contribution >= 4 is 28.7 Å². The molecular weight excluding hydrogens is 558 g/mol. The molecule has 0 atom stereocenters. The predicted molar refractivity (Wildman–Crippen MR) is 193 cm³/mol. The molecule has 3 heteroatoms. The van der Waals surface area contributed by atoms with Gasteiger partial charge in [0.2, 0.25) is 0 Å². The predicted octanol–water partition coefficient (Wildman–Crippen LogP) is 10.3. The molecule has 0 unspecified atom stereocenters. The number of amidine groups is 2. The molecule has 2 aliphatic rings. The Bertz CT molecular complexity index is 2280. The van der Waals surface area contributed by atoms with Crippen LogP contribution in [0.25, 0.3) is 33.0 Å². The minimum absolute atomic E-state index is 0.0891. The van der Waals surface area contributed by atoms with Gasteiger partial charge < -0.3 is 0 Å². The normalized spacial score (nSPS) is 15.4. The summed E-state index contributed by atoms with van der Waals surface area (Å²) in [4.78, 5) is 9.87. The van der Waals surface area contributed by atoms with Crippen molar-refractivity contribution in [2.75, 3.05) is 0 Å². The van der Waals surface area contributed by atoms with Gasteiger partial charge in [-0.2, -0.15) is 0 Å². The number of nitrogens with zero attached hydrogens (tertiary/aromatic N) is 2. The molecule has 0 bridgehead atoms. The maximum atomic E-state index is 9.17. The van der Waals surface area contributed by atoms with Crippen molar-refractivity contribution in [3.63, 3.8) is 0 Å². The molecule has 3 nitrogen and oxygen atoms in total. The van der Waals surface area contributed by atoms with Crippen LogP contribution in [0.1, 0.15) is 66.6 Å². The lowest BCUT2D eigenvalue weighted by Crippen LogP contribution is -2.15. The Hall–Kier alpha value is -5.41. The maximum Gasteiger partial charge on any atom is 0.161 e. The van der Waals surface area contributed by atoms with Gasteiger partial charge in [0.05, 0.1) is 0 Å². The minimum atomic E-state index is -0.147. The van der Waals surface area contributed by atoms with Gasteiger partial charge in [-0.05, 0) is 79.0 Å². The fourth-order valence-corrected chi connectivity index (χ4v) is 7.46. The standard InChI is InChI=1S/C43H35N3/c1-42(2)36-15-9-7-13-32(36)34-21-17-27(23-38(34)42)26-45-41(31-19-18-28-11-5-6-12-29(28)24-31)46-40(44)30-20-22-35-33-14-8-10-16-37(33)43(3,4)39(35)25-30/h5-26,44H,1-4H3. The van der Waals surface area contributed by atoms with Crippen LogP contribution in [-0.4, -0.2) is 17.9 Å². The van der Waals surface area contributed by atoms with Crippen LogP contribution in [0.4, 0.5) is 0 Å². The lowest BCUT2D eigenvalue weighted by Gasteiger charge is -2.21. The highest BCUT2D eigenvalue weighted by molar-refractivity contribution is 6.14. The van der Waals surface area contributed by atoms with E-state index in [0.717, 1.165) is 27.5 Å². The average Bonchev–Trinajstić information content (AvgIpc) is 3.45. The quantitative estimate of drug-likeness (QED) is 0.157. The Balaban J connectivity index is 1.19. The Labute approximate surface area is 270 Å². The van der Waals surface area contributed by atoms with Crippen LogP contribution in [0.3, 0.4) is 0 Å². The van der Waals surface area contributed by atoms with Gasteiger partial charge in [0.1, 0.15) is 0 Å². The van der Waals surface area contributed by atoms with Gasteiger partial charge in [-0.25, -0.2) is 9.98 Å². The summed E-state index contributed by atoms with van der Waals surface area (Å²) in [7, 11) is 0. The molecule has 222 valence electrons. The Morgan fingerprint density at radius 2 is 1.07 bits per heavy atom. The summed E-state index contributed by atoms with van der Waals surface area (Å²) in [6.45, 7) is 9.10. The van der Waals surface area contributed by atoms with Crippen LogP contribution in [0.2, 0.25) is 0 Å². The smallest absolute Gasteiger partial charge is 0.161 e. The van der Waals surface area contributed by atoms with E-state index >= 15 is 0 Å². The van der Waals surface area contributed by atoms with E-state index in [1.807, 2.05) is 24.4 Å². The maximum absolute atomic E-state index is 9.17. The van der Waals surface area contributed by atoms with Gasteiger partial charge in [0, 0.05) is 28.2 Å². The number of hydrogen-bond donors (Lipinski definition) is 1. The van der Waals surface area contributed by atoms with Gasteiger partial charge in [-0.3, -0.25) is 5.41 Å². The summed E-state index contributed by atoms with van der Waals surface area (Å²) in [5, 5.41) is 11.4. The van der Waals surface area contributed by atoms with Gasteiger partial charge in [-0.1, -0.05) is 137 Å². The first kappa shape index (κ1) is 28.1. The second kappa shape index (κ2) is 10.3. The Kier molecular flexibility index (Phi) is 6.30. The molecule has 6 aromatic carbocycles. The molecule has 0 spiro atoms. The van der Waals surface area contributed by atoms with Crippen molar-refractivity contribution < 1.29 is 0 Å². The van der Waals surface area contributed by atoms with E-state index in [-0.39, 0.29) is 16.7 Å². The molecule has 6 aromatic rings. The zero-order valence-electron chi connectivity index (χ0n) is 26.6. The number of hydrogen-bond acceptors (Lipinski definition) is 1. The first-order valence-corrected chi connectivity index (χ1v) is 15.9. The van der Waals surface area contributed by atoms with Crippen molar-refractivity contribution in [1.82, 2.24) is 0 Å². The number of rotatable bonds is 3. The third-order valence-corrected chi connectivity index (χ3v) is 10.0. The van der Waals surface area contributed by atoms with Crippen molar-refractivity contribution in [3.8, 4) is 22.3 Å². The summed E-state index contributed by atoms with van der Waals surface area (Å²) in [6.07, 6.45) is 1.89. The highest BCUT2D eigenvalue weighted by Crippen LogP contribution is 2.49. The number of nitrogens with one attached hydrogen (secondary N) is 1. The van der Waals surface area contributed by atoms with Crippen molar-refractivity contribution in [2.24, 2.45) is 9.98 Å². The van der Waals surface area contributed by atoms with E-state index in [9.17, 15) is 5.41 Å². The molecule has 0 saturated carbocycles. The van der Waals surface area contributed by atoms with E-state index in [4.69, 9.17) is 9.98 Å². The Morgan fingerprint density at radius 3 is 1.76 bits per heavy atom. The van der Waals surface area contributed by atoms with Crippen LogP contribution >= 0.6 is 0 Å². The molecule has 2 aliphatic carbocycles. The molecular formula is C43H35N3. The number of fused-ring (bicyclic) bond motifs is 7. The van der Waals surface area contributed by atoms with Gasteiger partial charge in [-0.15, -0.1) is 0 Å². The number of benzene rings is 6. The van der Waals surface area contributed by atoms with Crippen LogP contribution in [0.15, 0.2) is 137 Å². The fourth-order valence-electron chi connectivity index (χ4n) is 7.46. The lowest BCUT2D eigenvalue weighted by atomic mass is 9.82. The molecule has 8 rings (SSSR count). The van der Waals surface area contributed by atoms with Gasteiger partial charge >= 0.3 is 0 Å². The molecule has 0 fully saturated rings. The first-order valence-electron chi connectivity index (χ1n) is 15.9.